The van der Waals surface area contributed by atoms with Gasteiger partial charge in [0.05, 0.1) is 11.6 Å². The average Bonchev–Trinajstić information content (AvgIpc) is 2.80. The van der Waals surface area contributed by atoms with E-state index in [1.54, 1.807) is 55.5 Å². The van der Waals surface area contributed by atoms with Gasteiger partial charge in [0.15, 0.2) is 5.78 Å². The number of imide groups is 1. The van der Waals surface area contributed by atoms with Crippen molar-refractivity contribution in [1.29, 1.82) is 0 Å². The summed E-state index contributed by atoms with van der Waals surface area (Å²) >= 11 is 6.00. The molecule has 0 aromatic heterocycles. The molecule has 0 aliphatic carbocycles. The summed E-state index contributed by atoms with van der Waals surface area (Å²) < 4.78 is 0. The third-order valence-electron chi connectivity index (χ3n) is 4.10. The number of rotatable bonds is 4. The summed E-state index contributed by atoms with van der Waals surface area (Å²) in [5.74, 6) is -0.847. The van der Waals surface area contributed by atoms with Crippen molar-refractivity contribution in [3.8, 4) is 0 Å². The van der Waals surface area contributed by atoms with Crippen LogP contribution in [0.2, 0.25) is 5.02 Å². The van der Waals surface area contributed by atoms with Gasteiger partial charge < -0.3 is 5.32 Å². The Balaban J connectivity index is 1.85. The zero-order valence-corrected chi connectivity index (χ0v) is 13.7. The fraction of sp³-hybridized carbons (Fsp3) is 0.167. The van der Waals surface area contributed by atoms with Crippen LogP contribution in [-0.2, 0) is 10.3 Å². The van der Waals surface area contributed by atoms with Gasteiger partial charge in [0, 0.05) is 5.56 Å². The standard InChI is InChI=1S/C18H15ClN2O3/c1-18(12-7-3-2-4-8-12)16(23)21(17(24)20-18)11-15(22)13-9-5-6-10-14(13)19/h2-10H,11H2,1H3,(H,20,24). The second-order valence-electron chi connectivity index (χ2n) is 5.72. The minimum absolute atomic E-state index is 0.285. The molecule has 1 saturated heterocycles. The molecule has 1 aliphatic rings. The molecule has 0 spiro atoms. The fourth-order valence-electron chi connectivity index (χ4n) is 2.72. The maximum absolute atomic E-state index is 12.7. The SMILES string of the molecule is CC1(c2ccccc2)NC(=O)N(CC(=O)c2ccccc2Cl)C1=O. The van der Waals surface area contributed by atoms with Gasteiger partial charge in [0.2, 0.25) is 0 Å². The van der Waals surface area contributed by atoms with Crippen molar-refractivity contribution in [3.05, 3.63) is 70.7 Å². The van der Waals surface area contributed by atoms with Crippen molar-refractivity contribution in [1.82, 2.24) is 10.2 Å². The smallest absolute Gasteiger partial charge is 0.319 e. The number of nitrogens with zero attached hydrogens (tertiary/aromatic N) is 1. The van der Waals surface area contributed by atoms with E-state index in [9.17, 15) is 14.4 Å². The third-order valence-corrected chi connectivity index (χ3v) is 4.43. The number of halogens is 1. The van der Waals surface area contributed by atoms with Crippen LogP contribution in [0.5, 0.6) is 0 Å². The zero-order valence-electron chi connectivity index (χ0n) is 13.0. The van der Waals surface area contributed by atoms with Crippen LogP contribution in [0.1, 0.15) is 22.8 Å². The van der Waals surface area contributed by atoms with Crippen molar-refractivity contribution in [2.75, 3.05) is 6.54 Å². The molecule has 0 radical (unpaired) electrons. The van der Waals surface area contributed by atoms with E-state index in [0.29, 0.717) is 10.6 Å². The number of nitrogens with one attached hydrogen (secondary N) is 1. The predicted octanol–water partition coefficient (Wildman–Crippen LogP) is 2.99. The molecule has 24 heavy (non-hydrogen) atoms. The highest BCUT2D eigenvalue weighted by Gasteiger charge is 2.49. The molecule has 0 bridgehead atoms. The molecule has 6 heteroatoms. The van der Waals surface area contributed by atoms with Crippen LogP contribution in [0.4, 0.5) is 4.79 Å². The highest BCUT2D eigenvalue weighted by atomic mass is 35.5. The number of carbonyl (C=O) groups excluding carboxylic acids is 3. The van der Waals surface area contributed by atoms with E-state index in [1.807, 2.05) is 6.07 Å². The summed E-state index contributed by atoms with van der Waals surface area (Å²) in [6.45, 7) is 1.28. The van der Waals surface area contributed by atoms with E-state index in [0.717, 1.165) is 4.90 Å². The van der Waals surface area contributed by atoms with Gasteiger partial charge in [-0.1, -0.05) is 54.1 Å². The minimum atomic E-state index is -1.18. The van der Waals surface area contributed by atoms with Crippen LogP contribution in [-0.4, -0.2) is 29.2 Å². The van der Waals surface area contributed by atoms with Gasteiger partial charge >= 0.3 is 6.03 Å². The average molecular weight is 343 g/mol. The number of amides is 3. The van der Waals surface area contributed by atoms with E-state index in [-0.39, 0.29) is 17.9 Å². The van der Waals surface area contributed by atoms with Crippen molar-refractivity contribution >= 4 is 29.3 Å². The lowest BCUT2D eigenvalue weighted by atomic mass is 9.92. The van der Waals surface area contributed by atoms with Gasteiger partial charge in [-0.25, -0.2) is 4.79 Å². The second kappa shape index (κ2) is 6.09. The highest BCUT2D eigenvalue weighted by Crippen LogP contribution is 2.29. The zero-order chi connectivity index (χ0) is 17.3. The molecular weight excluding hydrogens is 328 g/mol. The quantitative estimate of drug-likeness (QED) is 0.686. The number of urea groups is 1. The van der Waals surface area contributed by atoms with Gasteiger partial charge in [-0.05, 0) is 24.6 Å². The number of Topliss-reactive ketones (excluding diaryl/α,β-unsaturated/α-hetero) is 1. The van der Waals surface area contributed by atoms with E-state index in [4.69, 9.17) is 11.6 Å². The van der Waals surface area contributed by atoms with Crippen molar-refractivity contribution in [2.24, 2.45) is 0 Å². The summed E-state index contributed by atoms with van der Waals surface area (Å²) in [5.41, 5.74) is -0.233. The third kappa shape index (κ3) is 2.67. The lowest BCUT2D eigenvalue weighted by Gasteiger charge is -2.22. The molecule has 1 aliphatic heterocycles. The summed E-state index contributed by atoms with van der Waals surface area (Å²) in [6, 6.07) is 14.9. The Hall–Kier alpha value is -2.66. The Bertz CT molecular complexity index is 822. The molecule has 122 valence electrons. The van der Waals surface area contributed by atoms with Crippen LogP contribution < -0.4 is 5.32 Å². The Morgan fingerprint density at radius 2 is 1.71 bits per heavy atom. The van der Waals surface area contributed by atoms with Crippen LogP contribution in [0, 0.1) is 0 Å². The van der Waals surface area contributed by atoms with E-state index >= 15 is 0 Å². The van der Waals surface area contributed by atoms with Crippen LogP contribution >= 0.6 is 11.6 Å². The number of hydrogen-bond donors (Lipinski definition) is 1. The molecule has 1 unspecified atom stereocenters. The molecule has 1 N–H and O–H groups in total. The molecule has 2 aromatic rings. The molecule has 1 atom stereocenters. The number of benzene rings is 2. The van der Waals surface area contributed by atoms with Crippen LogP contribution in [0.3, 0.4) is 0 Å². The van der Waals surface area contributed by atoms with Crippen LogP contribution in [0.25, 0.3) is 0 Å². The van der Waals surface area contributed by atoms with E-state index < -0.39 is 17.5 Å². The molecule has 2 aromatic carbocycles. The highest BCUT2D eigenvalue weighted by molar-refractivity contribution is 6.34. The largest absolute Gasteiger partial charge is 0.325 e. The number of carbonyl (C=O) groups is 3. The first-order chi connectivity index (χ1) is 11.4. The molecular formula is C18H15ClN2O3. The summed E-state index contributed by atoms with van der Waals surface area (Å²) in [7, 11) is 0. The Morgan fingerprint density at radius 3 is 2.38 bits per heavy atom. The van der Waals surface area contributed by atoms with Gasteiger partial charge in [-0.3, -0.25) is 14.5 Å². The molecule has 5 nitrogen and oxygen atoms in total. The van der Waals surface area contributed by atoms with E-state index in [1.165, 1.54) is 0 Å². The fourth-order valence-corrected chi connectivity index (χ4v) is 2.96. The Morgan fingerprint density at radius 1 is 1.08 bits per heavy atom. The molecule has 3 rings (SSSR count). The Labute approximate surface area is 144 Å². The molecule has 1 heterocycles. The number of ketones is 1. The topological polar surface area (TPSA) is 66.5 Å². The van der Waals surface area contributed by atoms with Gasteiger partial charge in [-0.15, -0.1) is 0 Å². The van der Waals surface area contributed by atoms with Crippen molar-refractivity contribution in [3.63, 3.8) is 0 Å². The second-order valence-corrected chi connectivity index (χ2v) is 6.12. The normalized spacial score (nSPS) is 20.2. The summed E-state index contributed by atoms with van der Waals surface area (Å²) in [5, 5.41) is 2.96. The van der Waals surface area contributed by atoms with Crippen molar-refractivity contribution in [2.45, 2.75) is 12.5 Å². The lowest BCUT2D eigenvalue weighted by molar-refractivity contribution is -0.130. The minimum Gasteiger partial charge on any atom is -0.319 e. The molecule has 3 amide bonds. The van der Waals surface area contributed by atoms with Gasteiger partial charge in [0.1, 0.15) is 5.54 Å². The monoisotopic (exact) mass is 342 g/mol. The van der Waals surface area contributed by atoms with Gasteiger partial charge in [0.25, 0.3) is 5.91 Å². The van der Waals surface area contributed by atoms with E-state index in [2.05, 4.69) is 5.32 Å². The first kappa shape index (κ1) is 16.2. The van der Waals surface area contributed by atoms with Crippen molar-refractivity contribution < 1.29 is 14.4 Å². The van der Waals surface area contributed by atoms with Crippen LogP contribution in [0.15, 0.2) is 54.6 Å². The first-order valence-electron chi connectivity index (χ1n) is 7.41. The predicted molar refractivity (Wildman–Crippen MR) is 89.8 cm³/mol. The maximum Gasteiger partial charge on any atom is 0.325 e. The molecule has 0 saturated carbocycles. The Kier molecular flexibility index (Phi) is 4.11. The number of hydrogen-bond acceptors (Lipinski definition) is 3. The maximum atomic E-state index is 12.7. The lowest BCUT2D eigenvalue weighted by Crippen LogP contribution is -2.41. The van der Waals surface area contributed by atoms with Gasteiger partial charge in [-0.2, -0.15) is 0 Å². The molecule has 1 fully saturated rings. The first-order valence-corrected chi connectivity index (χ1v) is 7.78. The summed E-state index contributed by atoms with van der Waals surface area (Å²) in [6.07, 6.45) is 0. The summed E-state index contributed by atoms with van der Waals surface area (Å²) in [4.78, 5) is 38.3.